The van der Waals surface area contributed by atoms with Crippen LogP contribution in [0, 0.1) is 0 Å². The van der Waals surface area contributed by atoms with Crippen LogP contribution in [0.1, 0.15) is 13.8 Å². The zero-order valence-corrected chi connectivity index (χ0v) is 10.4. The third-order valence-corrected chi connectivity index (χ3v) is 3.66. The second-order valence-electron chi connectivity index (χ2n) is 3.88. The molecule has 7 nitrogen and oxygen atoms in total. The maximum atomic E-state index is 11.7. The van der Waals surface area contributed by atoms with Gasteiger partial charge in [0.2, 0.25) is 0 Å². The highest BCUT2D eigenvalue weighted by atomic mass is 32.2. The number of rotatable bonds is 2. The van der Waals surface area contributed by atoms with Gasteiger partial charge in [-0.25, -0.2) is 9.52 Å². The molecule has 1 heterocycles. The minimum Gasteiger partial charge on any atom is -0.452 e. The summed E-state index contributed by atoms with van der Waals surface area (Å²) in [6.07, 6.45) is -0.973. The Balaban J connectivity index is 2.71. The van der Waals surface area contributed by atoms with Gasteiger partial charge in [-0.2, -0.15) is 12.7 Å². The van der Waals surface area contributed by atoms with Crippen LogP contribution in [-0.2, 0) is 14.9 Å². The number of carbonyl (C=O) groups is 1. The first-order valence-corrected chi connectivity index (χ1v) is 6.41. The maximum Gasteiger partial charge on any atom is 0.421 e. The van der Waals surface area contributed by atoms with Crippen LogP contribution in [-0.4, -0.2) is 51.1 Å². The van der Waals surface area contributed by atoms with Crippen molar-refractivity contribution in [2.75, 3.05) is 20.2 Å². The molecule has 1 fully saturated rings. The van der Waals surface area contributed by atoms with Gasteiger partial charge in [-0.1, -0.05) is 0 Å². The van der Waals surface area contributed by atoms with E-state index < -0.39 is 16.3 Å². The van der Waals surface area contributed by atoms with Gasteiger partial charge in [-0.05, 0) is 13.8 Å². The van der Waals surface area contributed by atoms with Crippen LogP contribution < -0.4 is 10.0 Å². The lowest BCUT2D eigenvalue weighted by Gasteiger charge is -2.34. The first-order chi connectivity index (χ1) is 7.35. The van der Waals surface area contributed by atoms with E-state index in [9.17, 15) is 13.2 Å². The molecule has 0 aromatic carbocycles. The summed E-state index contributed by atoms with van der Waals surface area (Å²) in [4.78, 5) is 10.9. The summed E-state index contributed by atoms with van der Waals surface area (Å²) in [5, 5.41) is 3.20. The van der Waals surface area contributed by atoms with Crippen molar-refractivity contribution in [2.45, 2.75) is 25.9 Å². The molecule has 1 rings (SSSR count). The first-order valence-electron chi connectivity index (χ1n) is 4.97. The Morgan fingerprint density at radius 1 is 1.38 bits per heavy atom. The van der Waals surface area contributed by atoms with Gasteiger partial charge >= 0.3 is 16.3 Å². The summed E-state index contributed by atoms with van der Waals surface area (Å²) < 4.78 is 30.8. The van der Waals surface area contributed by atoms with E-state index in [0.717, 1.165) is 7.11 Å². The Morgan fingerprint density at radius 3 is 2.31 bits per heavy atom. The molecule has 1 saturated heterocycles. The van der Waals surface area contributed by atoms with E-state index in [1.807, 2.05) is 18.6 Å². The van der Waals surface area contributed by atoms with Crippen LogP contribution in [0.2, 0.25) is 0 Å². The van der Waals surface area contributed by atoms with Crippen LogP contribution in [0.5, 0.6) is 0 Å². The maximum absolute atomic E-state index is 11.7. The van der Waals surface area contributed by atoms with Crippen molar-refractivity contribution in [1.29, 1.82) is 0 Å². The highest BCUT2D eigenvalue weighted by Crippen LogP contribution is 2.08. The number of hydrogen-bond acceptors (Lipinski definition) is 5. The molecule has 2 N–H and O–H groups in total. The van der Waals surface area contributed by atoms with Gasteiger partial charge in [0.1, 0.15) is 0 Å². The molecule has 0 bridgehead atoms. The Morgan fingerprint density at radius 2 is 1.88 bits per heavy atom. The summed E-state index contributed by atoms with van der Waals surface area (Å²) in [5.41, 5.74) is 0. The molecule has 0 aromatic heterocycles. The van der Waals surface area contributed by atoms with E-state index in [1.165, 1.54) is 4.31 Å². The van der Waals surface area contributed by atoms with Crippen molar-refractivity contribution in [3.05, 3.63) is 0 Å². The zero-order chi connectivity index (χ0) is 12.3. The smallest absolute Gasteiger partial charge is 0.421 e. The highest BCUT2D eigenvalue weighted by molar-refractivity contribution is 7.87. The molecule has 0 radical (unpaired) electrons. The van der Waals surface area contributed by atoms with Crippen LogP contribution in [0.25, 0.3) is 0 Å². The molecule has 0 aliphatic carbocycles. The minimum atomic E-state index is -3.79. The van der Waals surface area contributed by atoms with E-state index >= 15 is 0 Å². The van der Waals surface area contributed by atoms with Gasteiger partial charge in [0.25, 0.3) is 0 Å². The van der Waals surface area contributed by atoms with Gasteiger partial charge in [-0.3, -0.25) is 0 Å². The quantitative estimate of drug-likeness (QED) is 0.675. The van der Waals surface area contributed by atoms with E-state index in [4.69, 9.17) is 0 Å². The Labute approximate surface area is 95.3 Å². The lowest BCUT2D eigenvalue weighted by atomic mass is 10.2. The van der Waals surface area contributed by atoms with Crippen molar-refractivity contribution in [1.82, 2.24) is 14.3 Å². The van der Waals surface area contributed by atoms with Crippen LogP contribution in [0.15, 0.2) is 0 Å². The van der Waals surface area contributed by atoms with Crippen LogP contribution in [0.4, 0.5) is 4.79 Å². The third kappa shape index (κ3) is 3.32. The molecule has 1 aliphatic heterocycles. The number of piperazine rings is 1. The fourth-order valence-corrected chi connectivity index (χ4v) is 2.95. The fraction of sp³-hybridized carbons (Fsp3) is 0.875. The number of methoxy groups -OCH3 is 1. The van der Waals surface area contributed by atoms with E-state index in [1.54, 1.807) is 0 Å². The summed E-state index contributed by atoms with van der Waals surface area (Å²) in [6.45, 7) is 4.43. The molecule has 2 unspecified atom stereocenters. The van der Waals surface area contributed by atoms with Gasteiger partial charge < -0.3 is 10.1 Å². The summed E-state index contributed by atoms with van der Waals surface area (Å²) in [5.74, 6) is 0. The van der Waals surface area contributed by atoms with E-state index in [2.05, 4.69) is 10.1 Å². The number of hydrogen-bond donors (Lipinski definition) is 2. The molecule has 2 atom stereocenters. The van der Waals surface area contributed by atoms with Gasteiger partial charge in [0, 0.05) is 25.2 Å². The van der Waals surface area contributed by atoms with Crippen LogP contribution in [0.3, 0.4) is 0 Å². The average Bonchev–Trinajstić information content (AvgIpc) is 2.15. The Hall–Kier alpha value is -0.860. The Bertz CT molecular complexity index is 346. The topological polar surface area (TPSA) is 87.7 Å². The molecule has 1 amide bonds. The molecular formula is C8H17N3O4S. The second kappa shape index (κ2) is 4.98. The first kappa shape index (κ1) is 13.2. The predicted molar refractivity (Wildman–Crippen MR) is 58.1 cm³/mol. The lowest BCUT2D eigenvalue weighted by Crippen LogP contribution is -2.58. The van der Waals surface area contributed by atoms with Crippen molar-refractivity contribution < 1.29 is 17.9 Å². The SMILES string of the molecule is COC(=O)NS(=O)(=O)N1CC(C)NC(C)C1. The van der Waals surface area contributed by atoms with Crippen molar-refractivity contribution in [2.24, 2.45) is 0 Å². The highest BCUT2D eigenvalue weighted by Gasteiger charge is 2.31. The summed E-state index contributed by atoms with van der Waals surface area (Å²) >= 11 is 0. The minimum absolute atomic E-state index is 0.0537. The molecule has 16 heavy (non-hydrogen) atoms. The number of amides is 1. The lowest BCUT2D eigenvalue weighted by molar-refractivity contribution is 0.176. The molecular weight excluding hydrogens is 234 g/mol. The van der Waals surface area contributed by atoms with Gasteiger partial charge in [0.05, 0.1) is 7.11 Å². The predicted octanol–water partition coefficient (Wildman–Crippen LogP) is -0.731. The molecule has 94 valence electrons. The molecule has 0 aromatic rings. The van der Waals surface area contributed by atoms with Gasteiger partial charge in [0.15, 0.2) is 0 Å². The van der Waals surface area contributed by atoms with Gasteiger partial charge in [-0.15, -0.1) is 0 Å². The normalized spacial score (nSPS) is 27.4. The largest absolute Gasteiger partial charge is 0.452 e. The monoisotopic (exact) mass is 251 g/mol. The van der Waals surface area contributed by atoms with E-state index in [0.29, 0.717) is 13.1 Å². The van der Waals surface area contributed by atoms with Crippen molar-refractivity contribution in [3.63, 3.8) is 0 Å². The number of nitrogens with zero attached hydrogens (tertiary/aromatic N) is 1. The number of carbonyl (C=O) groups excluding carboxylic acids is 1. The molecule has 8 heteroatoms. The van der Waals surface area contributed by atoms with Crippen LogP contribution >= 0.6 is 0 Å². The zero-order valence-electron chi connectivity index (χ0n) is 9.56. The molecule has 0 saturated carbocycles. The Kier molecular flexibility index (Phi) is 4.11. The second-order valence-corrected chi connectivity index (χ2v) is 5.56. The molecule has 1 aliphatic rings. The summed E-state index contributed by atoms with van der Waals surface area (Å²) in [7, 11) is -2.67. The van der Waals surface area contributed by atoms with Crippen molar-refractivity contribution >= 4 is 16.3 Å². The summed E-state index contributed by atoms with van der Waals surface area (Å²) in [6, 6.07) is 0.107. The molecule has 0 spiro atoms. The number of ether oxygens (including phenoxy) is 1. The van der Waals surface area contributed by atoms with Crippen molar-refractivity contribution in [3.8, 4) is 0 Å². The van der Waals surface area contributed by atoms with E-state index in [-0.39, 0.29) is 12.1 Å². The fourth-order valence-electron chi connectivity index (χ4n) is 1.68. The third-order valence-electron chi connectivity index (χ3n) is 2.26. The standard InChI is InChI=1S/C8H17N3O4S/c1-6-4-11(5-7(2)9-6)16(13,14)10-8(12)15-3/h6-7,9H,4-5H2,1-3H3,(H,10,12). The number of nitrogens with one attached hydrogen (secondary N) is 2. The average molecular weight is 251 g/mol.